The summed E-state index contributed by atoms with van der Waals surface area (Å²) in [5, 5.41) is 4.16. The second-order valence-electron chi connectivity index (χ2n) is 6.93. The minimum Gasteiger partial charge on any atom is -0.352 e. The van der Waals surface area contributed by atoms with Crippen LogP contribution in [0.25, 0.3) is 0 Å². The lowest BCUT2D eigenvalue weighted by molar-refractivity contribution is -0.146. The van der Waals surface area contributed by atoms with Crippen LogP contribution in [0.3, 0.4) is 0 Å². The number of hydrogen-bond acceptors (Lipinski definition) is 1. The van der Waals surface area contributed by atoms with Gasteiger partial charge >= 0.3 is 0 Å². The molecule has 1 atom stereocenters. The van der Waals surface area contributed by atoms with E-state index in [-0.39, 0.29) is 5.41 Å². The second-order valence-corrected chi connectivity index (χ2v) is 7.58. The SMILES string of the molecule is CCC(CBr)NC(=O)C12CC3CC(CC(C3)C1)C2. The van der Waals surface area contributed by atoms with Crippen molar-refractivity contribution in [2.24, 2.45) is 23.2 Å². The van der Waals surface area contributed by atoms with Gasteiger partial charge in [0, 0.05) is 16.8 Å². The first-order valence-corrected chi connectivity index (χ1v) is 8.64. The molecule has 0 radical (unpaired) electrons. The van der Waals surface area contributed by atoms with E-state index in [0.717, 1.165) is 29.5 Å². The summed E-state index contributed by atoms with van der Waals surface area (Å²) in [7, 11) is 0. The molecule has 0 spiro atoms. The molecule has 18 heavy (non-hydrogen) atoms. The molecule has 3 heteroatoms. The van der Waals surface area contributed by atoms with Crippen LogP contribution in [0.1, 0.15) is 51.9 Å². The maximum atomic E-state index is 12.7. The molecule has 102 valence electrons. The summed E-state index contributed by atoms with van der Waals surface area (Å²) in [5.74, 6) is 2.93. The molecule has 4 bridgehead atoms. The molecule has 0 aromatic rings. The lowest BCUT2D eigenvalue weighted by atomic mass is 9.49. The fraction of sp³-hybridized carbons (Fsp3) is 0.933. The van der Waals surface area contributed by atoms with Crippen LogP contribution in [-0.4, -0.2) is 17.3 Å². The standard InChI is InChI=1S/C15H24BrNO/c1-2-13(9-16)17-14(18)15-6-10-3-11(7-15)5-12(4-10)8-15/h10-13H,2-9H2,1H3,(H,17,18). The molecule has 4 saturated carbocycles. The van der Waals surface area contributed by atoms with E-state index in [4.69, 9.17) is 0 Å². The van der Waals surface area contributed by atoms with Crippen LogP contribution >= 0.6 is 15.9 Å². The van der Waals surface area contributed by atoms with E-state index in [2.05, 4.69) is 28.2 Å². The van der Waals surface area contributed by atoms with Crippen molar-refractivity contribution >= 4 is 21.8 Å². The van der Waals surface area contributed by atoms with Gasteiger partial charge in [0.15, 0.2) is 0 Å². The minimum absolute atomic E-state index is 0.0182. The number of amides is 1. The van der Waals surface area contributed by atoms with Gasteiger partial charge in [0.1, 0.15) is 0 Å². The van der Waals surface area contributed by atoms with E-state index in [9.17, 15) is 4.79 Å². The Balaban J connectivity index is 1.73. The van der Waals surface area contributed by atoms with Gasteiger partial charge in [0.25, 0.3) is 0 Å². The molecule has 1 unspecified atom stereocenters. The Morgan fingerprint density at radius 1 is 1.22 bits per heavy atom. The first kappa shape index (κ1) is 13.0. The van der Waals surface area contributed by atoms with E-state index in [1.54, 1.807) is 0 Å². The van der Waals surface area contributed by atoms with Gasteiger partial charge in [0.05, 0.1) is 0 Å². The smallest absolute Gasteiger partial charge is 0.226 e. The van der Waals surface area contributed by atoms with Gasteiger partial charge in [-0.15, -0.1) is 0 Å². The van der Waals surface area contributed by atoms with Crippen LogP contribution in [0.5, 0.6) is 0 Å². The van der Waals surface area contributed by atoms with E-state index in [1.807, 2.05) is 0 Å². The lowest BCUT2D eigenvalue weighted by Gasteiger charge is -2.55. The van der Waals surface area contributed by atoms with Crippen LogP contribution in [0.4, 0.5) is 0 Å². The van der Waals surface area contributed by atoms with E-state index in [1.165, 1.54) is 38.5 Å². The molecule has 0 aromatic heterocycles. The van der Waals surface area contributed by atoms with Gasteiger partial charge in [-0.1, -0.05) is 22.9 Å². The maximum absolute atomic E-state index is 12.7. The van der Waals surface area contributed by atoms with Crippen molar-refractivity contribution < 1.29 is 4.79 Å². The lowest BCUT2D eigenvalue weighted by Crippen LogP contribution is -2.55. The Morgan fingerprint density at radius 3 is 2.11 bits per heavy atom. The molecule has 2 nitrogen and oxygen atoms in total. The summed E-state index contributed by atoms with van der Waals surface area (Å²) < 4.78 is 0. The van der Waals surface area contributed by atoms with Gasteiger partial charge in [-0.3, -0.25) is 4.79 Å². The summed E-state index contributed by atoms with van der Waals surface area (Å²) in [6, 6.07) is 0.311. The van der Waals surface area contributed by atoms with Crippen LogP contribution in [0, 0.1) is 23.2 Å². The molecular formula is C15H24BrNO. The zero-order chi connectivity index (χ0) is 12.8. The third-order valence-electron chi connectivity index (χ3n) is 5.53. The van der Waals surface area contributed by atoms with E-state index < -0.39 is 0 Å². The molecule has 4 fully saturated rings. The zero-order valence-electron chi connectivity index (χ0n) is 11.3. The van der Waals surface area contributed by atoms with Gasteiger partial charge in [-0.25, -0.2) is 0 Å². The molecule has 4 rings (SSSR count). The molecule has 1 N–H and O–H groups in total. The summed E-state index contributed by atoms with van der Waals surface area (Å²) in [5.41, 5.74) is 0.0182. The molecule has 1 amide bonds. The average molecular weight is 314 g/mol. The van der Waals surface area contributed by atoms with Crippen molar-refractivity contribution in [3.63, 3.8) is 0 Å². The Hall–Kier alpha value is -0.0500. The van der Waals surface area contributed by atoms with Crippen LogP contribution < -0.4 is 5.32 Å². The molecule has 0 aromatic carbocycles. The highest BCUT2D eigenvalue weighted by Gasteiger charge is 2.54. The molecular weight excluding hydrogens is 290 g/mol. The first-order chi connectivity index (χ1) is 8.65. The van der Waals surface area contributed by atoms with Crippen LogP contribution in [0.2, 0.25) is 0 Å². The van der Waals surface area contributed by atoms with Gasteiger partial charge in [-0.05, 0) is 62.7 Å². The summed E-state index contributed by atoms with van der Waals surface area (Å²) in [4.78, 5) is 12.7. The largest absolute Gasteiger partial charge is 0.352 e. The fourth-order valence-electron chi connectivity index (χ4n) is 4.98. The van der Waals surface area contributed by atoms with Crippen molar-refractivity contribution in [1.29, 1.82) is 0 Å². The van der Waals surface area contributed by atoms with Crippen molar-refractivity contribution in [3.05, 3.63) is 0 Å². The number of halogens is 1. The maximum Gasteiger partial charge on any atom is 0.226 e. The Labute approximate surface area is 118 Å². The summed E-state index contributed by atoms with van der Waals surface area (Å²) >= 11 is 3.50. The molecule has 0 heterocycles. The Bertz CT molecular complexity index is 302. The topological polar surface area (TPSA) is 29.1 Å². The van der Waals surface area contributed by atoms with Gasteiger partial charge < -0.3 is 5.32 Å². The number of carbonyl (C=O) groups is 1. The van der Waals surface area contributed by atoms with Crippen molar-refractivity contribution in [3.8, 4) is 0 Å². The number of hydrogen-bond donors (Lipinski definition) is 1. The van der Waals surface area contributed by atoms with Crippen molar-refractivity contribution in [2.75, 3.05) is 5.33 Å². The zero-order valence-corrected chi connectivity index (χ0v) is 12.8. The van der Waals surface area contributed by atoms with Gasteiger partial charge in [0.2, 0.25) is 5.91 Å². The number of rotatable bonds is 4. The molecule has 0 saturated heterocycles. The van der Waals surface area contributed by atoms with Crippen molar-refractivity contribution in [1.82, 2.24) is 5.32 Å². The molecule has 4 aliphatic carbocycles. The third-order valence-corrected chi connectivity index (χ3v) is 6.32. The quantitative estimate of drug-likeness (QED) is 0.791. The number of nitrogens with one attached hydrogen (secondary N) is 1. The third kappa shape index (κ3) is 2.13. The minimum atomic E-state index is 0.0182. The van der Waals surface area contributed by atoms with Gasteiger partial charge in [-0.2, -0.15) is 0 Å². The van der Waals surface area contributed by atoms with E-state index in [0.29, 0.717) is 11.9 Å². The molecule has 4 aliphatic rings. The highest BCUT2D eigenvalue weighted by molar-refractivity contribution is 9.09. The highest BCUT2D eigenvalue weighted by Crippen LogP contribution is 2.60. The average Bonchev–Trinajstić information content (AvgIpc) is 2.34. The number of alkyl halides is 1. The summed E-state index contributed by atoms with van der Waals surface area (Å²) in [6.07, 6.45) is 8.74. The Kier molecular flexibility index (Phi) is 3.46. The van der Waals surface area contributed by atoms with Crippen LogP contribution in [-0.2, 0) is 4.79 Å². The predicted octanol–water partition coefficient (Wildman–Crippen LogP) is 3.49. The highest BCUT2D eigenvalue weighted by atomic mass is 79.9. The van der Waals surface area contributed by atoms with E-state index >= 15 is 0 Å². The van der Waals surface area contributed by atoms with Crippen molar-refractivity contribution in [2.45, 2.75) is 57.9 Å². The Morgan fingerprint density at radius 2 is 1.72 bits per heavy atom. The first-order valence-electron chi connectivity index (χ1n) is 7.52. The second kappa shape index (κ2) is 4.81. The molecule has 0 aliphatic heterocycles. The summed E-state index contributed by atoms with van der Waals surface area (Å²) in [6.45, 7) is 2.14. The fourth-order valence-corrected chi connectivity index (χ4v) is 5.60. The normalized spacial score (nSPS) is 42.9. The predicted molar refractivity (Wildman–Crippen MR) is 76.6 cm³/mol. The monoisotopic (exact) mass is 313 g/mol. The van der Waals surface area contributed by atoms with Crippen LogP contribution in [0.15, 0.2) is 0 Å². The number of carbonyl (C=O) groups excluding carboxylic acids is 1.